The van der Waals surface area contributed by atoms with Crippen molar-refractivity contribution in [3.8, 4) is 0 Å². The van der Waals surface area contributed by atoms with Crippen LogP contribution in [0.3, 0.4) is 0 Å². The minimum absolute atomic E-state index is 0.223. The number of hydrogen-bond donors (Lipinski definition) is 1. The molecule has 0 aliphatic carbocycles. The van der Waals surface area contributed by atoms with E-state index in [0.29, 0.717) is 11.3 Å². The first-order valence-corrected chi connectivity index (χ1v) is 5.93. The number of alkyl halides is 3. The maximum absolute atomic E-state index is 12.7. The zero-order chi connectivity index (χ0) is 15.6. The van der Waals surface area contributed by atoms with Crippen LogP contribution in [0.4, 0.5) is 13.2 Å². The van der Waals surface area contributed by atoms with Gasteiger partial charge in [0.15, 0.2) is 17.4 Å². The fourth-order valence-corrected chi connectivity index (χ4v) is 1.73. The number of nitrogens with zero attached hydrogens (tertiary/aromatic N) is 2. The van der Waals surface area contributed by atoms with E-state index in [9.17, 15) is 18.0 Å². The molecule has 2 aromatic heterocycles. The molecular formula is C13H11F3N2O3. The molecule has 0 fully saturated rings. The van der Waals surface area contributed by atoms with Crippen molar-refractivity contribution in [1.82, 2.24) is 9.97 Å². The quantitative estimate of drug-likeness (QED) is 0.877. The van der Waals surface area contributed by atoms with Crippen molar-refractivity contribution in [1.29, 1.82) is 0 Å². The van der Waals surface area contributed by atoms with Gasteiger partial charge in [0.1, 0.15) is 0 Å². The highest BCUT2D eigenvalue weighted by atomic mass is 19.4. The fraction of sp³-hybridized carbons (Fsp3) is 0.308. The summed E-state index contributed by atoms with van der Waals surface area (Å²) >= 11 is 0. The molecule has 0 amide bonds. The molecule has 2 aromatic rings. The second kappa shape index (κ2) is 5.65. The van der Waals surface area contributed by atoms with Gasteiger partial charge in [-0.25, -0.2) is 4.98 Å². The number of oxazole rings is 1. The normalized spacial score (nSPS) is 11.7. The molecule has 2 heterocycles. The number of aliphatic hydroxyl groups excluding tert-OH is 1. The maximum Gasteiger partial charge on any atom is 0.452 e. The van der Waals surface area contributed by atoms with Crippen LogP contribution in [0.1, 0.15) is 33.4 Å². The summed E-state index contributed by atoms with van der Waals surface area (Å²) in [5.41, 5.74) is 0.0941. The largest absolute Gasteiger partial charge is 0.452 e. The van der Waals surface area contributed by atoms with E-state index in [1.807, 2.05) is 0 Å². The minimum Gasteiger partial charge on any atom is -0.436 e. The summed E-state index contributed by atoms with van der Waals surface area (Å²) in [5.74, 6) is -2.41. The molecule has 0 atom stereocenters. The summed E-state index contributed by atoms with van der Waals surface area (Å²) in [6, 6.07) is 3.00. The molecular weight excluding hydrogens is 289 g/mol. The van der Waals surface area contributed by atoms with E-state index in [2.05, 4.69) is 14.4 Å². The van der Waals surface area contributed by atoms with Crippen LogP contribution in [-0.4, -0.2) is 20.9 Å². The molecule has 0 unspecified atom stereocenters. The monoisotopic (exact) mass is 300 g/mol. The Hall–Kier alpha value is -2.22. The third-order valence-corrected chi connectivity index (χ3v) is 2.67. The van der Waals surface area contributed by atoms with E-state index in [0.717, 1.165) is 0 Å². The Morgan fingerprint density at radius 1 is 1.38 bits per heavy atom. The Bertz CT molecular complexity index is 648. The number of hydrogen-bond acceptors (Lipinski definition) is 5. The van der Waals surface area contributed by atoms with E-state index < -0.39 is 23.4 Å². The number of aliphatic hydroxyl groups is 1. The molecule has 0 aliphatic rings. The van der Waals surface area contributed by atoms with Gasteiger partial charge in [0, 0.05) is 19.5 Å². The number of pyridine rings is 1. The second-order valence-electron chi connectivity index (χ2n) is 4.32. The van der Waals surface area contributed by atoms with Crippen LogP contribution in [0, 0.1) is 6.92 Å². The van der Waals surface area contributed by atoms with E-state index in [1.165, 1.54) is 25.3 Å². The highest BCUT2D eigenvalue weighted by Crippen LogP contribution is 2.33. The summed E-state index contributed by atoms with van der Waals surface area (Å²) in [6.07, 6.45) is -3.73. The molecule has 0 aliphatic heterocycles. The highest BCUT2D eigenvalue weighted by Gasteiger charge is 2.41. The summed E-state index contributed by atoms with van der Waals surface area (Å²) < 4.78 is 42.7. The van der Waals surface area contributed by atoms with E-state index >= 15 is 0 Å². The first-order valence-electron chi connectivity index (χ1n) is 5.93. The molecule has 5 nitrogen and oxygen atoms in total. The van der Waals surface area contributed by atoms with Crippen LogP contribution in [0.15, 0.2) is 22.7 Å². The van der Waals surface area contributed by atoms with E-state index in [-0.39, 0.29) is 18.9 Å². The van der Waals surface area contributed by atoms with Crippen LogP contribution < -0.4 is 0 Å². The summed E-state index contributed by atoms with van der Waals surface area (Å²) in [7, 11) is 0. The molecule has 0 saturated carbocycles. The molecule has 21 heavy (non-hydrogen) atoms. The van der Waals surface area contributed by atoms with E-state index in [4.69, 9.17) is 5.11 Å². The Morgan fingerprint density at radius 2 is 2.10 bits per heavy atom. The molecule has 0 bridgehead atoms. The van der Waals surface area contributed by atoms with Crippen molar-refractivity contribution in [2.45, 2.75) is 26.1 Å². The molecule has 0 spiro atoms. The van der Waals surface area contributed by atoms with Gasteiger partial charge in [0.25, 0.3) is 0 Å². The predicted molar refractivity (Wildman–Crippen MR) is 64.4 cm³/mol. The Balaban J connectivity index is 2.24. The lowest BCUT2D eigenvalue weighted by Gasteiger charge is -2.04. The van der Waals surface area contributed by atoms with Crippen molar-refractivity contribution in [3.63, 3.8) is 0 Å². The van der Waals surface area contributed by atoms with E-state index in [1.54, 1.807) is 0 Å². The van der Waals surface area contributed by atoms with Gasteiger partial charge in [-0.3, -0.25) is 9.78 Å². The van der Waals surface area contributed by atoms with Crippen molar-refractivity contribution < 1.29 is 27.5 Å². The molecule has 0 saturated heterocycles. The predicted octanol–water partition coefficient (Wildman–Crippen LogP) is 2.31. The molecule has 0 radical (unpaired) electrons. The van der Waals surface area contributed by atoms with Crippen LogP contribution in [0.2, 0.25) is 0 Å². The van der Waals surface area contributed by atoms with Gasteiger partial charge in [-0.1, -0.05) is 6.07 Å². The lowest BCUT2D eigenvalue weighted by atomic mass is 10.1. The van der Waals surface area contributed by atoms with Crippen LogP contribution in [-0.2, 0) is 19.2 Å². The lowest BCUT2D eigenvalue weighted by Crippen LogP contribution is -2.13. The number of aryl methyl sites for hydroxylation is 1. The molecule has 1 N–H and O–H groups in total. The van der Waals surface area contributed by atoms with Gasteiger partial charge < -0.3 is 9.52 Å². The minimum atomic E-state index is -4.77. The third kappa shape index (κ3) is 3.46. The molecule has 2 rings (SSSR count). The average molecular weight is 300 g/mol. The number of carbonyl (C=O) groups is 1. The number of Topliss-reactive ketones (excluding diaryl/α,β-unsaturated/α-hetero) is 1. The van der Waals surface area contributed by atoms with Crippen molar-refractivity contribution >= 4 is 5.78 Å². The third-order valence-electron chi connectivity index (χ3n) is 2.67. The second-order valence-corrected chi connectivity index (χ2v) is 4.32. The maximum atomic E-state index is 12.7. The fourth-order valence-electron chi connectivity index (χ4n) is 1.73. The standard InChI is InChI=1S/C13H11F3N2O3/c1-7-18-11(12(21-7)13(14,15)16)10(20)4-8-2-3-9(6-19)17-5-8/h2-3,5,19H,4,6H2,1H3. The average Bonchev–Trinajstić information content (AvgIpc) is 2.82. The number of ketones is 1. The Morgan fingerprint density at radius 3 is 2.62 bits per heavy atom. The summed E-state index contributed by atoms with van der Waals surface area (Å²) in [5, 5.41) is 8.84. The Kier molecular flexibility index (Phi) is 4.08. The van der Waals surface area contributed by atoms with Crippen molar-refractivity contribution in [2.24, 2.45) is 0 Å². The van der Waals surface area contributed by atoms with Crippen LogP contribution in [0.5, 0.6) is 0 Å². The first-order chi connectivity index (χ1) is 9.81. The topological polar surface area (TPSA) is 76.2 Å². The van der Waals surface area contributed by atoms with Gasteiger partial charge >= 0.3 is 6.18 Å². The summed E-state index contributed by atoms with van der Waals surface area (Å²) in [4.78, 5) is 19.3. The first kappa shape index (κ1) is 15.2. The molecule has 8 heteroatoms. The molecule has 0 aromatic carbocycles. The van der Waals surface area contributed by atoms with Gasteiger partial charge in [-0.05, 0) is 11.6 Å². The van der Waals surface area contributed by atoms with Crippen LogP contribution in [0.25, 0.3) is 0 Å². The Labute approximate surface area is 117 Å². The lowest BCUT2D eigenvalue weighted by molar-refractivity contribution is -0.153. The molecule has 112 valence electrons. The van der Waals surface area contributed by atoms with Crippen LogP contribution >= 0.6 is 0 Å². The van der Waals surface area contributed by atoms with Crippen molar-refractivity contribution in [3.05, 3.63) is 46.9 Å². The van der Waals surface area contributed by atoms with Gasteiger partial charge in [-0.15, -0.1) is 0 Å². The number of carbonyl (C=O) groups excluding carboxylic acids is 1. The number of halogens is 3. The smallest absolute Gasteiger partial charge is 0.436 e. The SMILES string of the molecule is Cc1nc(C(=O)Cc2ccc(CO)nc2)c(C(F)(F)F)o1. The summed E-state index contributed by atoms with van der Waals surface area (Å²) in [6.45, 7) is 0.985. The van der Waals surface area contributed by atoms with Crippen molar-refractivity contribution in [2.75, 3.05) is 0 Å². The van der Waals surface area contributed by atoms with Gasteiger partial charge in [0.2, 0.25) is 5.76 Å². The van der Waals surface area contributed by atoms with Gasteiger partial charge in [0.05, 0.1) is 12.3 Å². The number of aromatic nitrogens is 2. The zero-order valence-corrected chi connectivity index (χ0v) is 10.9. The number of rotatable bonds is 4. The highest BCUT2D eigenvalue weighted by molar-refractivity contribution is 5.96. The zero-order valence-electron chi connectivity index (χ0n) is 10.9. The van der Waals surface area contributed by atoms with Gasteiger partial charge in [-0.2, -0.15) is 13.2 Å².